The first-order valence-electron chi connectivity index (χ1n) is 5.40. The molecule has 0 saturated carbocycles. The van der Waals surface area contributed by atoms with Crippen molar-refractivity contribution < 1.29 is 28.3 Å². The second kappa shape index (κ2) is 6.24. The molecule has 0 aliphatic carbocycles. The van der Waals surface area contributed by atoms with Crippen LogP contribution < -0.4 is 5.32 Å². The molecule has 1 aromatic carbocycles. The fraction of sp³-hybridized carbons (Fsp3) is 0.364. The van der Waals surface area contributed by atoms with E-state index in [2.05, 4.69) is 10.1 Å². The highest BCUT2D eigenvalue weighted by Crippen LogP contribution is 2.27. The summed E-state index contributed by atoms with van der Waals surface area (Å²) in [7, 11) is 1.12. The summed E-state index contributed by atoms with van der Waals surface area (Å²) < 4.78 is 30.3. The molecule has 110 valence electrons. The number of alkyl halides is 2. The Hall–Kier alpha value is -2.29. The van der Waals surface area contributed by atoms with Crippen LogP contribution in [0.15, 0.2) is 18.2 Å². The minimum atomic E-state index is -3.44. The Bertz CT molecular complexity index is 522. The predicted octanol–water partition coefficient (Wildman–Crippen LogP) is 1.42. The van der Waals surface area contributed by atoms with Gasteiger partial charge in [-0.1, -0.05) is 0 Å². The second-order valence-corrected chi connectivity index (χ2v) is 3.85. The number of hydrogen-bond acceptors (Lipinski definition) is 6. The Morgan fingerprint density at radius 3 is 2.70 bits per heavy atom. The lowest BCUT2D eigenvalue weighted by Gasteiger charge is -2.15. The summed E-state index contributed by atoms with van der Waals surface area (Å²) in [5.74, 6) is -4.19. The van der Waals surface area contributed by atoms with E-state index in [0.29, 0.717) is 0 Å². The first-order chi connectivity index (χ1) is 9.30. The fourth-order valence-electron chi connectivity index (χ4n) is 1.36. The Morgan fingerprint density at radius 1 is 1.55 bits per heavy atom. The van der Waals surface area contributed by atoms with Gasteiger partial charge in [-0.2, -0.15) is 0 Å². The maximum atomic E-state index is 12.9. The molecule has 0 aromatic heterocycles. The van der Waals surface area contributed by atoms with Gasteiger partial charge < -0.3 is 15.2 Å². The molecule has 7 nitrogen and oxygen atoms in total. The molecule has 9 heteroatoms. The van der Waals surface area contributed by atoms with E-state index < -0.39 is 35.7 Å². The van der Waals surface area contributed by atoms with E-state index in [1.54, 1.807) is 0 Å². The van der Waals surface area contributed by atoms with E-state index in [0.717, 1.165) is 25.3 Å². The molecule has 0 aliphatic heterocycles. The van der Waals surface area contributed by atoms with Crippen LogP contribution in [0.4, 0.5) is 20.2 Å². The molecule has 20 heavy (non-hydrogen) atoms. The van der Waals surface area contributed by atoms with E-state index in [4.69, 9.17) is 5.11 Å². The number of benzene rings is 1. The highest BCUT2D eigenvalue weighted by molar-refractivity contribution is 5.91. The number of aliphatic hydroxyl groups is 1. The average Bonchev–Trinajstić information content (AvgIpc) is 2.43. The van der Waals surface area contributed by atoms with Crippen LogP contribution >= 0.6 is 0 Å². The minimum absolute atomic E-state index is 0.0204. The zero-order valence-corrected chi connectivity index (χ0v) is 10.4. The second-order valence-electron chi connectivity index (χ2n) is 3.85. The summed E-state index contributed by atoms with van der Waals surface area (Å²) in [6.45, 7) is -2.40. The number of carbonyl (C=O) groups is 1. The number of anilines is 1. The molecule has 0 fully saturated rings. The predicted molar refractivity (Wildman–Crippen MR) is 65.0 cm³/mol. The van der Waals surface area contributed by atoms with Gasteiger partial charge in [-0.3, -0.25) is 10.1 Å². The number of nitrogens with zero attached hydrogens (tertiary/aromatic N) is 1. The smallest absolute Gasteiger partial charge is 0.337 e. The number of ether oxygens (including phenoxy) is 1. The van der Waals surface area contributed by atoms with Crippen molar-refractivity contribution in [3.8, 4) is 0 Å². The number of carbonyl (C=O) groups excluding carboxylic acids is 1. The third kappa shape index (κ3) is 3.85. The minimum Gasteiger partial charge on any atom is -0.465 e. The van der Waals surface area contributed by atoms with Crippen molar-refractivity contribution in [3.05, 3.63) is 33.9 Å². The molecule has 0 amide bonds. The molecule has 1 aromatic rings. The van der Waals surface area contributed by atoms with Crippen LogP contribution in [0.2, 0.25) is 0 Å². The van der Waals surface area contributed by atoms with Gasteiger partial charge in [-0.25, -0.2) is 13.6 Å². The van der Waals surface area contributed by atoms with Crippen LogP contribution in [0, 0.1) is 10.1 Å². The van der Waals surface area contributed by atoms with E-state index in [1.807, 2.05) is 0 Å². The molecule has 0 spiro atoms. The molecule has 0 radical (unpaired) electrons. The van der Waals surface area contributed by atoms with Crippen molar-refractivity contribution in [1.29, 1.82) is 0 Å². The number of nitro benzene ring substituents is 1. The number of rotatable bonds is 6. The average molecular weight is 290 g/mol. The number of halogens is 2. The van der Waals surface area contributed by atoms with Gasteiger partial charge in [0, 0.05) is 6.07 Å². The van der Waals surface area contributed by atoms with Crippen molar-refractivity contribution in [2.45, 2.75) is 5.92 Å². The summed E-state index contributed by atoms with van der Waals surface area (Å²) in [5, 5.41) is 21.4. The van der Waals surface area contributed by atoms with Crippen molar-refractivity contribution >= 4 is 17.3 Å². The first-order valence-corrected chi connectivity index (χ1v) is 5.40. The van der Waals surface area contributed by atoms with E-state index in [9.17, 15) is 23.7 Å². The third-order valence-electron chi connectivity index (χ3n) is 2.38. The molecule has 0 bridgehead atoms. The van der Waals surface area contributed by atoms with E-state index >= 15 is 0 Å². The topological polar surface area (TPSA) is 102 Å². The van der Waals surface area contributed by atoms with Crippen LogP contribution in [-0.2, 0) is 4.74 Å². The van der Waals surface area contributed by atoms with Crippen molar-refractivity contribution in [2.75, 3.05) is 25.6 Å². The Kier molecular flexibility index (Phi) is 4.92. The number of esters is 1. The number of nitro groups is 1. The molecule has 0 atom stereocenters. The number of nitrogens with one attached hydrogen (secondary N) is 1. The molecule has 0 unspecified atom stereocenters. The van der Waals surface area contributed by atoms with E-state index in [1.165, 1.54) is 0 Å². The van der Waals surface area contributed by atoms with Crippen LogP contribution in [0.25, 0.3) is 0 Å². The third-order valence-corrected chi connectivity index (χ3v) is 2.38. The summed E-state index contributed by atoms with van der Waals surface area (Å²) in [4.78, 5) is 21.3. The number of methoxy groups -OCH3 is 1. The van der Waals surface area contributed by atoms with Gasteiger partial charge >= 0.3 is 5.97 Å². The number of hydrogen-bond donors (Lipinski definition) is 2. The molecule has 1 rings (SSSR count). The normalized spacial score (nSPS) is 11.0. The summed E-state index contributed by atoms with van der Waals surface area (Å²) >= 11 is 0. The maximum Gasteiger partial charge on any atom is 0.337 e. The molecule has 2 N–H and O–H groups in total. The molecule has 0 aliphatic rings. The molecular formula is C11H12F2N2O5. The standard InChI is InChI=1S/C11H12F2N2O5/c1-20-10(17)7-2-3-9(15(18)19)8(4-7)14-5-11(12,13)6-16/h2-4,14,16H,5-6H2,1H3. The van der Waals surface area contributed by atoms with Gasteiger partial charge in [0.2, 0.25) is 0 Å². The molecule has 0 saturated heterocycles. The number of aliphatic hydroxyl groups excluding tert-OH is 1. The Balaban J connectivity index is 3.06. The molecule has 0 heterocycles. The van der Waals surface area contributed by atoms with Crippen molar-refractivity contribution in [2.24, 2.45) is 0 Å². The fourth-order valence-corrected chi connectivity index (χ4v) is 1.36. The van der Waals surface area contributed by atoms with Crippen LogP contribution in [-0.4, -0.2) is 42.2 Å². The highest BCUT2D eigenvalue weighted by atomic mass is 19.3. The van der Waals surface area contributed by atoms with Crippen molar-refractivity contribution in [1.82, 2.24) is 0 Å². The van der Waals surface area contributed by atoms with Gasteiger partial charge in [-0.15, -0.1) is 0 Å². The lowest BCUT2D eigenvalue weighted by atomic mass is 10.1. The Morgan fingerprint density at radius 2 is 2.20 bits per heavy atom. The molecular weight excluding hydrogens is 278 g/mol. The maximum absolute atomic E-state index is 12.9. The van der Waals surface area contributed by atoms with Gasteiger partial charge in [-0.05, 0) is 12.1 Å². The lowest BCUT2D eigenvalue weighted by molar-refractivity contribution is -0.384. The SMILES string of the molecule is COC(=O)c1ccc([N+](=O)[O-])c(NCC(F)(F)CO)c1. The summed E-state index contributed by atoms with van der Waals surface area (Å²) in [6.07, 6.45) is 0. The van der Waals surface area contributed by atoms with Crippen LogP contribution in [0.3, 0.4) is 0 Å². The van der Waals surface area contributed by atoms with Gasteiger partial charge in [0.25, 0.3) is 11.6 Å². The summed E-state index contributed by atoms with van der Waals surface area (Å²) in [5.41, 5.74) is -0.745. The van der Waals surface area contributed by atoms with Crippen LogP contribution in [0.1, 0.15) is 10.4 Å². The van der Waals surface area contributed by atoms with E-state index in [-0.39, 0.29) is 11.3 Å². The van der Waals surface area contributed by atoms with Crippen molar-refractivity contribution in [3.63, 3.8) is 0 Å². The van der Waals surface area contributed by atoms with Gasteiger partial charge in [0.05, 0.1) is 24.1 Å². The monoisotopic (exact) mass is 290 g/mol. The largest absolute Gasteiger partial charge is 0.465 e. The zero-order chi connectivity index (χ0) is 15.3. The zero-order valence-electron chi connectivity index (χ0n) is 10.4. The van der Waals surface area contributed by atoms with Crippen LogP contribution in [0.5, 0.6) is 0 Å². The van der Waals surface area contributed by atoms with Gasteiger partial charge in [0.15, 0.2) is 0 Å². The van der Waals surface area contributed by atoms with Gasteiger partial charge in [0.1, 0.15) is 12.3 Å². The summed E-state index contributed by atoms with van der Waals surface area (Å²) in [6, 6.07) is 3.20. The Labute approximate surface area is 112 Å². The highest BCUT2D eigenvalue weighted by Gasteiger charge is 2.28. The quantitative estimate of drug-likeness (QED) is 0.467. The first kappa shape index (κ1) is 15.8. The lowest BCUT2D eigenvalue weighted by Crippen LogP contribution is -2.31.